The summed E-state index contributed by atoms with van der Waals surface area (Å²) in [5.74, 6) is 1.93. The fourth-order valence-electron chi connectivity index (χ4n) is 2.63. The van der Waals surface area contributed by atoms with E-state index in [1.165, 1.54) is 25.9 Å². The molecular weight excluding hydrogens is 212 g/mol. The first-order valence-corrected chi connectivity index (χ1v) is 6.66. The Bertz CT molecular complexity index is 352. The van der Waals surface area contributed by atoms with Gasteiger partial charge in [-0.25, -0.2) is 4.98 Å². The fraction of sp³-hybridized carbons (Fsp3) is 0.769. The van der Waals surface area contributed by atoms with Crippen molar-refractivity contribution < 1.29 is 0 Å². The SMILES string of the molecule is CCN(CC1CCNCC1)c1nc(C)cn1C. The van der Waals surface area contributed by atoms with E-state index >= 15 is 0 Å². The Morgan fingerprint density at radius 2 is 2.18 bits per heavy atom. The Morgan fingerprint density at radius 1 is 1.47 bits per heavy atom. The highest BCUT2D eigenvalue weighted by molar-refractivity contribution is 5.32. The minimum absolute atomic E-state index is 0.813. The van der Waals surface area contributed by atoms with Crippen LogP contribution in [-0.2, 0) is 7.05 Å². The van der Waals surface area contributed by atoms with E-state index in [-0.39, 0.29) is 0 Å². The molecule has 0 unspecified atom stereocenters. The van der Waals surface area contributed by atoms with Crippen molar-refractivity contribution in [2.24, 2.45) is 13.0 Å². The van der Waals surface area contributed by atoms with Gasteiger partial charge in [-0.15, -0.1) is 0 Å². The Kier molecular flexibility index (Phi) is 4.05. The molecular formula is C13H24N4. The lowest BCUT2D eigenvalue weighted by atomic mass is 9.98. The van der Waals surface area contributed by atoms with E-state index in [0.717, 1.165) is 30.6 Å². The molecule has 4 heteroatoms. The van der Waals surface area contributed by atoms with Gasteiger partial charge < -0.3 is 14.8 Å². The smallest absolute Gasteiger partial charge is 0.205 e. The minimum atomic E-state index is 0.813. The highest BCUT2D eigenvalue weighted by atomic mass is 15.3. The molecule has 0 spiro atoms. The molecule has 0 aromatic carbocycles. The summed E-state index contributed by atoms with van der Waals surface area (Å²) < 4.78 is 2.14. The maximum Gasteiger partial charge on any atom is 0.205 e. The third kappa shape index (κ3) is 3.00. The summed E-state index contributed by atoms with van der Waals surface area (Å²) in [5.41, 5.74) is 1.10. The van der Waals surface area contributed by atoms with Crippen LogP contribution < -0.4 is 10.2 Å². The second-order valence-electron chi connectivity index (χ2n) is 5.03. The van der Waals surface area contributed by atoms with Crippen LogP contribution in [0.5, 0.6) is 0 Å². The van der Waals surface area contributed by atoms with Crippen LogP contribution in [0, 0.1) is 12.8 Å². The van der Waals surface area contributed by atoms with Gasteiger partial charge in [0.2, 0.25) is 5.95 Å². The van der Waals surface area contributed by atoms with Gasteiger partial charge in [0.15, 0.2) is 0 Å². The minimum Gasteiger partial charge on any atom is -0.342 e. The summed E-state index contributed by atoms with van der Waals surface area (Å²) >= 11 is 0. The van der Waals surface area contributed by atoms with Crippen molar-refractivity contribution >= 4 is 5.95 Å². The second kappa shape index (κ2) is 5.54. The van der Waals surface area contributed by atoms with Crippen LogP contribution in [0.25, 0.3) is 0 Å². The van der Waals surface area contributed by atoms with Crippen molar-refractivity contribution in [3.63, 3.8) is 0 Å². The number of aromatic nitrogens is 2. The van der Waals surface area contributed by atoms with Crippen LogP contribution in [0.1, 0.15) is 25.5 Å². The molecule has 0 bridgehead atoms. The topological polar surface area (TPSA) is 33.1 Å². The van der Waals surface area contributed by atoms with Crippen molar-refractivity contribution in [3.8, 4) is 0 Å². The summed E-state index contributed by atoms with van der Waals surface area (Å²) in [5, 5.41) is 3.42. The van der Waals surface area contributed by atoms with Crippen LogP contribution in [-0.4, -0.2) is 35.7 Å². The zero-order valence-electron chi connectivity index (χ0n) is 11.2. The molecule has 1 aliphatic rings. The van der Waals surface area contributed by atoms with Crippen LogP contribution in [0.3, 0.4) is 0 Å². The zero-order chi connectivity index (χ0) is 12.3. The number of aryl methyl sites for hydroxylation is 2. The summed E-state index contributed by atoms with van der Waals surface area (Å²) in [6.45, 7) is 8.79. The van der Waals surface area contributed by atoms with Crippen molar-refractivity contribution in [2.75, 3.05) is 31.1 Å². The molecule has 96 valence electrons. The molecule has 1 saturated heterocycles. The van der Waals surface area contributed by atoms with Gasteiger partial charge in [0.05, 0.1) is 5.69 Å². The molecule has 1 aliphatic heterocycles. The average molecular weight is 236 g/mol. The van der Waals surface area contributed by atoms with Gasteiger partial charge in [0.1, 0.15) is 0 Å². The molecule has 1 aromatic heterocycles. The van der Waals surface area contributed by atoms with E-state index in [4.69, 9.17) is 0 Å². The van der Waals surface area contributed by atoms with Crippen molar-refractivity contribution in [2.45, 2.75) is 26.7 Å². The second-order valence-corrected chi connectivity index (χ2v) is 5.03. The van der Waals surface area contributed by atoms with Crippen LogP contribution in [0.15, 0.2) is 6.20 Å². The molecule has 1 fully saturated rings. The standard InChI is InChI=1S/C13H24N4/c1-4-17(10-12-5-7-14-8-6-12)13-15-11(2)9-16(13)3/h9,12,14H,4-8,10H2,1-3H3. The molecule has 0 radical (unpaired) electrons. The number of imidazole rings is 1. The summed E-state index contributed by atoms with van der Waals surface area (Å²) in [6, 6.07) is 0. The number of anilines is 1. The normalized spacial score (nSPS) is 17.4. The number of rotatable bonds is 4. The predicted molar refractivity (Wildman–Crippen MR) is 71.4 cm³/mol. The molecule has 4 nitrogen and oxygen atoms in total. The van der Waals surface area contributed by atoms with E-state index < -0.39 is 0 Å². The van der Waals surface area contributed by atoms with E-state index in [9.17, 15) is 0 Å². The van der Waals surface area contributed by atoms with Crippen molar-refractivity contribution in [3.05, 3.63) is 11.9 Å². The number of hydrogen-bond acceptors (Lipinski definition) is 3. The monoisotopic (exact) mass is 236 g/mol. The van der Waals surface area contributed by atoms with E-state index in [0.29, 0.717) is 0 Å². The Balaban J connectivity index is 2.02. The number of nitrogens with one attached hydrogen (secondary N) is 1. The summed E-state index contributed by atoms with van der Waals surface area (Å²) in [4.78, 5) is 7.03. The average Bonchev–Trinajstić information content (AvgIpc) is 2.67. The van der Waals surface area contributed by atoms with Gasteiger partial charge in [-0.3, -0.25) is 0 Å². The summed E-state index contributed by atoms with van der Waals surface area (Å²) in [6.07, 6.45) is 4.68. The Morgan fingerprint density at radius 3 is 2.71 bits per heavy atom. The Labute approximate surface area is 104 Å². The van der Waals surface area contributed by atoms with Gasteiger partial charge in [0.25, 0.3) is 0 Å². The molecule has 17 heavy (non-hydrogen) atoms. The fourth-order valence-corrected chi connectivity index (χ4v) is 2.63. The van der Waals surface area contributed by atoms with Crippen LogP contribution in [0.2, 0.25) is 0 Å². The lowest BCUT2D eigenvalue weighted by Crippen LogP contribution is -2.37. The molecule has 1 N–H and O–H groups in total. The van der Waals surface area contributed by atoms with Crippen molar-refractivity contribution in [1.82, 2.24) is 14.9 Å². The first kappa shape index (κ1) is 12.4. The zero-order valence-corrected chi connectivity index (χ0v) is 11.2. The van der Waals surface area contributed by atoms with E-state index in [1.54, 1.807) is 0 Å². The quantitative estimate of drug-likeness (QED) is 0.861. The maximum atomic E-state index is 4.62. The van der Waals surface area contributed by atoms with Gasteiger partial charge in [-0.1, -0.05) is 0 Å². The first-order valence-electron chi connectivity index (χ1n) is 6.66. The number of nitrogens with zero attached hydrogens (tertiary/aromatic N) is 3. The highest BCUT2D eigenvalue weighted by Gasteiger charge is 2.18. The van der Waals surface area contributed by atoms with Crippen molar-refractivity contribution in [1.29, 1.82) is 0 Å². The number of piperidine rings is 1. The first-order chi connectivity index (χ1) is 8.20. The highest BCUT2D eigenvalue weighted by Crippen LogP contribution is 2.18. The molecule has 1 aromatic rings. The van der Waals surface area contributed by atoms with Gasteiger partial charge >= 0.3 is 0 Å². The molecule has 2 rings (SSSR count). The maximum absolute atomic E-state index is 4.62. The molecule has 0 atom stereocenters. The van der Waals surface area contributed by atoms with E-state index in [2.05, 4.69) is 46.9 Å². The predicted octanol–water partition coefficient (Wildman–Crippen LogP) is 1.55. The Hall–Kier alpha value is -1.03. The van der Waals surface area contributed by atoms with Crippen LogP contribution >= 0.6 is 0 Å². The lowest BCUT2D eigenvalue weighted by molar-refractivity contribution is 0.373. The van der Waals surface area contributed by atoms with Crippen LogP contribution in [0.4, 0.5) is 5.95 Å². The molecule has 0 aliphatic carbocycles. The molecule has 0 saturated carbocycles. The van der Waals surface area contributed by atoms with Gasteiger partial charge in [-0.2, -0.15) is 0 Å². The molecule has 2 heterocycles. The number of hydrogen-bond donors (Lipinski definition) is 1. The lowest BCUT2D eigenvalue weighted by Gasteiger charge is -2.30. The van der Waals surface area contributed by atoms with E-state index in [1.807, 2.05) is 0 Å². The van der Waals surface area contributed by atoms with Gasteiger partial charge in [-0.05, 0) is 45.7 Å². The third-order valence-electron chi connectivity index (χ3n) is 3.57. The summed E-state index contributed by atoms with van der Waals surface area (Å²) in [7, 11) is 2.08. The third-order valence-corrected chi connectivity index (χ3v) is 3.57. The van der Waals surface area contributed by atoms with Gasteiger partial charge in [0, 0.05) is 26.3 Å². The largest absolute Gasteiger partial charge is 0.342 e. The molecule has 0 amide bonds.